The molecule has 2 fully saturated rings. The number of rotatable bonds is 4. The molecule has 0 radical (unpaired) electrons. The number of benzene rings is 1. The van der Waals surface area contributed by atoms with E-state index >= 15 is 0 Å². The van der Waals surface area contributed by atoms with Crippen LogP contribution in [0.15, 0.2) is 24.3 Å². The molecule has 1 N–H and O–H groups in total. The van der Waals surface area contributed by atoms with Crippen molar-refractivity contribution in [1.29, 1.82) is 0 Å². The van der Waals surface area contributed by atoms with Crippen LogP contribution in [0.25, 0.3) is 0 Å². The normalized spacial score (nSPS) is 22.3. The molecule has 6 heteroatoms. The molecule has 2 saturated heterocycles. The van der Waals surface area contributed by atoms with Crippen molar-refractivity contribution in [3.63, 3.8) is 0 Å². The van der Waals surface area contributed by atoms with E-state index in [-0.39, 0.29) is 18.2 Å². The number of ether oxygens (including phenoxy) is 1. The summed E-state index contributed by atoms with van der Waals surface area (Å²) >= 11 is 0. The van der Waals surface area contributed by atoms with E-state index in [9.17, 15) is 9.59 Å². The summed E-state index contributed by atoms with van der Waals surface area (Å²) < 4.78 is 5.29. The molecule has 130 valence electrons. The lowest BCUT2D eigenvalue weighted by Gasteiger charge is -2.36. The van der Waals surface area contributed by atoms with Crippen LogP contribution in [-0.4, -0.2) is 67.0 Å². The quantitative estimate of drug-likeness (QED) is 0.875. The smallest absolute Gasteiger partial charge is 0.237 e. The Labute approximate surface area is 142 Å². The molecule has 1 atom stereocenters. The zero-order chi connectivity index (χ0) is 16.9. The topological polar surface area (TPSA) is 61.9 Å². The molecule has 3 rings (SSSR count). The lowest BCUT2D eigenvalue weighted by atomic mass is 10.0. The molecule has 2 heterocycles. The summed E-state index contributed by atoms with van der Waals surface area (Å²) in [5, 5.41) is 2.89. The van der Waals surface area contributed by atoms with Crippen molar-refractivity contribution in [2.75, 3.05) is 39.4 Å². The largest absolute Gasteiger partial charge is 0.378 e. The van der Waals surface area contributed by atoms with Crippen LogP contribution < -0.4 is 5.32 Å². The van der Waals surface area contributed by atoms with Gasteiger partial charge in [0.15, 0.2) is 0 Å². The summed E-state index contributed by atoms with van der Waals surface area (Å²) in [7, 11) is 0. The lowest BCUT2D eigenvalue weighted by Crippen LogP contribution is -2.56. The van der Waals surface area contributed by atoms with Gasteiger partial charge in [-0.1, -0.05) is 24.3 Å². The molecule has 0 aromatic heterocycles. The zero-order valence-corrected chi connectivity index (χ0v) is 14.2. The fourth-order valence-corrected chi connectivity index (χ4v) is 3.29. The Kier molecular flexibility index (Phi) is 5.48. The first-order chi connectivity index (χ1) is 11.6. The van der Waals surface area contributed by atoms with E-state index in [1.165, 1.54) is 11.1 Å². The van der Waals surface area contributed by atoms with Gasteiger partial charge in [-0.25, -0.2) is 0 Å². The monoisotopic (exact) mass is 331 g/mol. The van der Waals surface area contributed by atoms with Gasteiger partial charge < -0.3 is 15.0 Å². The van der Waals surface area contributed by atoms with Gasteiger partial charge in [0, 0.05) is 32.7 Å². The van der Waals surface area contributed by atoms with Crippen LogP contribution in [0, 0.1) is 6.92 Å². The highest BCUT2D eigenvalue weighted by Crippen LogP contribution is 2.17. The van der Waals surface area contributed by atoms with Gasteiger partial charge in [-0.05, 0) is 18.1 Å². The average molecular weight is 331 g/mol. The summed E-state index contributed by atoms with van der Waals surface area (Å²) in [5.74, 6) is -0.00780. The molecule has 2 aliphatic heterocycles. The number of nitrogens with zero attached hydrogens (tertiary/aromatic N) is 2. The molecule has 1 unspecified atom stereocenters. The van der Waals surface area contributed by atoms with Crippen LogP contribution in [0.4, 0.5) is 0 Å². The summed E-state index contributed by atoms with van der Waals surface area (Å²) in [6.45, 7) is 6.56. The molecule has 0 saturated carbocycles. The molecular formula is C18H25N3O3. The molecule has 24 heavy (non-hydrogen) atoms. The number of carbonyl (C=O) groups is 2. The van der Waals surface area contributed by atoms with Crippen LogP contribution >= 0.6 is 0 Å². The Balaban J connectivity index is 1.68. The van der Waals surface area contributed by atoms with Gasteiger partial charge in [-0.2, -0.15) is 0 Å². The average Bonchev–Trinajstić information content (AvgIpc) is 2.60. The standard InChI is InChI=1S/C18H25N3O3/c1-14-4-2-3-5-15(14)13-21-7-6-19-18(23)16(21)12-17(22)20-8-10-24-11-9-20/h2-5,16H,6-13H2,1H3,(H,19,23). The number of nitrogens with one attached hydrogen (secondary N) is 1. The van der Waals surface area contributed by atoms with E-state index in [1.54, 1.807) is 4.90 Å². The van der Waals surface area contributed by atoms with Crippen LogP contribution in [-0.2, 0) is 20.9 Å². The predicted molar refractivity (Wildman–Crippen MR) is 90.4 cm³/mol. The minimum atomic E-state index is -0.395. The second-order valence-electron chi connectivity index (χ2n) is 6.40. The maximum absolute atomic E-state index is 12.5. The maximum atomic E-state index is 12.5. The molecule has 0 spiro atoms. The van der Waals surface area contributed by atoms with Crippen molar-refractivity contribution in [2.24, 2.45) is 0 Å². The molecule has 0 bridgehead atoms. The highest BCUT2D eigenvalue weighted by Gasteiger charge is 2.33. The van der Waals surface area contributed by atoms with Crippen LogP contribution in [0.3, 0.4) is 0 Å². The first kappa shape index (κ1) is 16.9. The van der Waals surface area contributed by atoms with Gasteiger partial charge in [0.2, 0.25) is 11.8 Å². The van der Waals surface area contributed by atoms with E-state index in [0.717, 1.165) is 6.54 Å². The number of amides is 2. The van der Waals surface area contributed by atoms with E-state index in [2.05, 4.69) is 29.3 Å². The van der Waals surface area contributed by atoms with E-state index < -0.39 is 6.04 Å². The Morgan fingerprint density at radius 3 is 2.75 bits per heavy atom. The molecule has 6 nitrogen and oxygen atoms in total. The minimum Gasteiger partial charge on any atom is -0.378 e. The van der Waals surface area contributed by atoms with Gasteiger partial charge in [-0.15, -0.1) is 0 Å². The van der Waals surface area contributed by atoms with Crippen molar-refractivity contribution < 1.29 is 14.3 Å². The van der Waals surface area contributed by atoms with Crippen LogP contribution in [0.1, 0.15) is 17.5 Å². The lowest BCUT2D eigenvalue weighted by molar-refractivity contribution is -0.141. The molecule has 1 aromatic carbocycles. The fourth-order valence-electron chi connectivity index (χ4n) is 3.29. The predicted octanol–water partition coefficient (Wildman–Crippen LogP) is 0.544. The fraction of sp³-hybridized carbons (Fsp3) is 0.556. The second kappa shape index (κ2) is 7.77. The van der Waals surface area contributed by atoms with Crippen molar-refractivity contribution in [3.05, 3.63) is 35.4 Å². The Bertz CT molecular complexity index is 599. The van der Waals surface area contributed by atoms with E-state index in [1.807, 2.05) is 12.1 Å². The zero-order valence-electron chi connectivity index (χ0n) is 14.2. The summed E-state index contributed by atoms with van der Waals surface area (Å²) in [6.07, 6.45) is 0.234. The Morgan fingerprint density at radius 1 is 1.25 bits per heavy atom. The van der Waals surface area contributed by atoms with Gasteiger partial charge in [0.1, 0.15) is 0 Å². The third-order valence-electron chi connectivity index (χ3n) is 4.81. The SMILES string of the molecule is Cc1ccccc1CN1CCNC(=O)C1CC(=O)N1CCOCC1. The highest BCUT2D eigenvalue weighted by molar-refractivity contribution is 5.88. The summed E-state index contributed by atoms with van der Waals surface area (Å²) in [6, 6.07) is 7.80. The number of hydrogen-bond acceptors (Lipinski definition) is 4. The molecule has 2 aliphatic rings. The second-order valence-corrected chi connectivity index (χ2v) is 6.40. The number of carbonyl (C=O) groups excluding carboxylic acids is 2. The van der Waals surface area contributed by atoms with E-state index in [4.69, 9.17) is 4.74 Å². The number of morpholine rings is 1. The van der Waals surface area contributed by atoms with Crippen LogP contribution in [0.5, 0.6) is 0 Å². The third-order valence-corrected chi connectivity index (χ3v) is 4.81. The number of hydrogen-bond donors (Lipinski definition) is 1. The van der Waals surface area contributed by atoms with E-state index in [0.29, 0.717) is 39.4 Å². The molecular weight excluding hydrogens is 306 g/mol. The van der Waals surface area contributed by atoms with Gasteiger partial charge in [-0.3, -0.25) is 14.5 Å². The molecule has 2 amide bonds. The van der Waals surface area contributed by atoms with Gasteiger partial charge >= 0.3 is 0 Å². The van der Waals surface area contributed by atoms with Crippen molar-refractivity contribution in [3.8, 4) is 0 Å². The third kappa shape index (κ3) is 3.94. The molecule has 1 aromatic rings. The first-order valence-corrected chi connectivity index (χ1v) is 8.57. The number of aryl methyl sites for hydroxylation is 1. The Hall–Kier alpha value is -1.92. The summed E-state index contributed by atoms with van der Waals surface area (Å²) in [4.78, 5) is 28.8. The van der Waals surface area contributed by atoms with Gasteiger partial charge in [0.05, 0.1) is 25.7 Å². The van der Waals surface area contributed by atoms with Crippen molar-refractivity contribution in [1.82, 2.24) is 15.1 Å². The minimum absolute atomic E-state index is 0.0372. The van der Waals surface area contributed by atoms with Crippen LogP contribution in [0.2, 0.25) is 0 Å². The maximum Gasteiger partial charge on any atom is 0.237 e. The highest BCUT2D eigenvalue weighted by atomic mass is 16.5. The summed E-state index contributed by atoms with van der Waals surface area (Å²) in [5.41, 5.74) is 2.41. The van der Waals surface area contributed by atoms with Crippen molar-refractivity contribution >= 4 is 11.8 Å². The molecule has 0 aliphatic carbocycles. The Morgan fingerprint density at radius 2 is 2.00 bits per heavy atom. The number of piperazine rings is 1. The first-order valence-electron chi connectivity index (χ1n) is 8.57. The van der Waals surface area contributed by atoms with Crippen molar-refractivity contribution in [2.45, 2.75) is 25.9 Å². The van der Waals surface area contributed by atoms with Gasteiger partial charge in [0.25, 0.3) is 0 Å².